The zero-order valence-corrected chi connectivity index (χ0v) is 14.3. The minimum absolute atomic E-state index is 0.0808. The summed E-state index contributed by atoms with van der Waals surface area (Å²) in [7, 11) is 0. The zero-order valence-electron chi connectivity index (χ0n) is 12.8. The Bertz CT molecular complexity index is 235. The molecular weight excluding hydrogens is 295 g/mol. The first-order valence-electron chi connectivity index (χ1n) is 8.07. The van der Waals surface area contributed by atoms with Gasteiger partial charge < -0.3 is 5.11 Å². The average Bonchev–Trinajstić information content (AvgIpc) is 2.41. The molecule has 0 rings (SSSR count). The van der Waals surface area contributed by atoms with Gasteiger partial charge in [-0.25, -0.2) is 0 Å². The molecule has 0 heterocycles. The van der Waals surface area contributed by atoms with Crippen LogP contribution < -0.4 is 0 Å². The molecule has 0 fully saturated rings. The third-order valence-corrected chi connectivity index (χ3v) is 4.77. The van der Waals surface area contributed by atoms with Crippen LogP contribution in [-0.4, -0.2) is 21.8 Å². The molecule has 0 aromatic heterocycles. The Labute approximate surface area is 134 Å². The average molecular weight is 325 g/mol. The van der Waals surface area contributed by atoms with Crippen molar-refractivity contribution in [2.45, 2.75) is 94.7 Å². The largest absolute Gasteiger partial charge is 0.481 e. The summed E-state index contributed by atoms with van der Waals surface area (Å²) in [5.74, 6) is -0.695. The number of unbranched alkanes of at least 4 members (excludes halogenated alkanes) is 7. The third kappa shape index (κ3) is 13.1. The van der Waals surface area contributed by atoms with Crippen LogP contribution in [0.1, 0.15) is 84.0 Å². The van der Waals surface area contributed by atoms with Crippen LogP contribution in [0, 0.1) is 0 Å². The summed E-state index contributed by atoms with van der Waals surface area (Å²) in [5, 5.41) is 8.70. The van der Waals surface area contributed by atoms with Crippen LogP contribution in [0.4, 0.5) is 0 Å². The lowest BCUT2D eigenvalue weighted by Crippen LogP contribution is -2.14. The lowest BCUT2D eigenvalue weighted by Gasteiger charge is -2.15. The molecule has 0 aromatic rings. The fourth-order valence-electron chi connectivity index (χ4n) is 2.27. The number of carboxylic acid groups (broad SMARTS) is 1. The maximum atomic E-state index is 10.3. The highest BCUT2D eigenvalue weighted by molar-refractivity contribution is 6.29. The maximum absolute atomic E-state index is 10.3. The molecule has 0 aliphatic rings. The third-order valence-electron chi connectivity index (χ3n) is 3.60. The number of aliphatic carboxylic acids is 1. The normalized spacial score (nSPS) is 14.2. The summed E-state index contributed by atoms with van der Waals surface area (Å²) >= 11 is 12.6. The molecule has 0 saturated heterocycles. The van der Waals surface area contributed by atoms with E-state index in [1.54, 1.807) is 0 Å². The van der Waals surface area contributed by atoms with Crippen LogP contribution in [-0.2, 0) is 4.79 Å². The van der Waals surface area contributed by atoms with Gasteiger partial charge in [-0.15, -0.1) is 23.2 Å². The van der Waals surface area contributed by atoms with Crippen molar-refractivity contribution in [1.29, 1.82) is 0 Å². The number of rotatable bonds is 14. The quantitative estimate of drug-likeness (QED) is 0.315. The van der Waals surface area contributed by atoms with Crippen LogP contribution >= 0.6 is 23.2 Å². The first-order valence-corrected chi connectivity index (χ1v) is 8.95. The van der Waals surface area contributed by atoms with Crippen LogP contribution in [0.2, 0.25) is 0 Å². The Balaban J connectivity index is 3.38. The van der Waals surface area contributed by atoms with E-state index in [2.05, 4.69) is 6.92 Å². The predicted octanol–water partition coefficient (Wildman–Crippen LogP) is 5.99. The van der Waals surface area contributed by atoms with E-state index in [0.717, 1.165) is 44.9 Å². The van der Waals surface area contributed by atoms with Gasteiger partial charge in [-0.2, -0.15) is 0 Å². The summed E-state index contributed by atoms with van der Waals surface area (Å²) in [4.78, 5) is 10.3. The summed E-state index contributed by atoms with van der Waals surface area (Å²) in [6.07, 6.45) is 12.4. The van der Waals surface area contributed by atoms with Gasteiger partial charge in [0, 0.05) is 17.2 Å². The molecule has 1 N–H and O–H groups in total. The Hall–Kier alpha value is 0.0500. The smallest absolute Gasteiger partial charge is 0.303 e. The first-order chi connectivity index (χ1) is 9.57. The molecular formula is C16H30Cl2O2. The summed E-state index contributed by atoms with van der Waals surface area (Å²) in [6, 6.07) is 0. The Morgan fingerprint density at radius 1 is 0.850 bits per heavy atom. The second-order valence-electron chi connectivity index (χ2n) is 5.58. The van der Waals surface area contributed by atoms with Crippen molar-refractivity contribution >= 4 is 29.2 Å². The number of alkyl halides is 2. The van der Waals surface area contributed by atoms with E-state index in [1.165, 1.54) is 25.7 Å². The number of hydrogen-bond donors (Lipinski definition) is 1. The highest BCUT2D eigenvalue weighted by Crippen LogP contribution is 2.22. The highest BCUT2D eigenvalue weighted by Gasteiger charge is 2.15. The molecule has 0 saturated carbocycles. The molecule has 0 amide bonds. The van der Waals surface area contributed by atoms with Crippen molar-refractivity contribution in [1.82, 2.24) is 0 Å². The Kier molecular flexibility index (Phi) is 14.0. The van der Waals surface area contributed by atoms with Gasteiger partial charge >= 0.3 is 5.97 Å². The molecule has 2 atom stereocenters. The van der Waals surface area contributed by atoms with Gasteiger partial charge in [0.25, 0.3) is 0 Å². The zero-order chi connectivity index (χ0) is 15.2. The van der Waals surface area contributed by atoms with Crippen molar-refractivity contribution in [3.8, 4) is 0 Å². The van der Waals surface area contributed by atoms with Crippen molar-refractivity contribution in [3.05, 3.63) is 0 Å². The van der Waals surface area contributed by atoms with Crippen LogP contribution in [0.15, 0.2) is 0 Å². The topological polar surface area (TPSA) is 37.3 Å². The molecule has 0 aromatic carbocycles. The minimum Gasteiger partial charge on any atom is -0.481 e. The van der Waals surface area contributed by atoms with E-state index in [-0.39, 0.29) is 10.8 Å². The number of carboxylic acids is 1. The number of carbonyl (C=O) groups is 1. The second kappa shape index (κ2) is 14.0. The SMILES string of the molecule is CCCCCC[C@@H](Cl)[C@H](Cl)CCCCCCCC(=O)O. The number of hydrogen-bond acceptors (Lipinski definition) is 1. The van der Waals surface area contributed by atoms with Crippen LogP contribution in [0.5, 0.6) is 0 Å². The standard InChI is InChI=1S/C16H30Cl2O2/c1-2-3-4-8-11-14(17)15(18)12-9-6-5-7-10-13-16(19)20/h14-15H,2-13H2,1H3,(H,19,20)/t14-,15-/m1/s1. The lowest BCUT2D eigenvalue weighted by atomic mass is 10.0. The van der Waals surface area contributed by atoms with E-state index < -0.39 is 5.97 Å². The summed E-state index contributed by atoms with van der Waals surface area (Å²) in [6.45, 7) is 2.21. The van der Waals surface area contributed by atoms with E-state index in [1.807, 2.05) is 0 Å². The van der Waals surface area contributed by atoms with Gasteiger partial charge in [0.05, 0.1) is 0 Å². The van der Waals surface area contributed by atoms with Crippen molar-refractivity contribution in [2.75, 3.05) is 0 Å². The van der Waals surface area contributed by atoms with E-state index >= 15 is 0 Å². The molecule has 0 unspecified atom stereocenters. The maximum Gasteiger partial charge on any atom is 0.303 e. The summed E-state index contributed by atoms with van der Waals surface area (Å²) in [5.41, 5.74) is 0. The van der Waals surface area contributed by atoms with Gasteiger partial charge in [-0.3, -0.25) is 4.79 Å². The van der Waals surface area contributed by atoms with Crippen molar-refractivity contribution < 1.29 is 9.90 Å². The molecule has 4 heteroatoms. The monoisotopic (exact) mass is 324 g/mol. The molecule has 120 valence electrons. The fourth-order valence-corrected chi connectivity index (χ4v) is 2.83. The van der Waals surface area contributed by atoms with Gasteiger partial charge in [-0.1, -0.05) is 58.3 Å². The number of halogens is 2. The van der Waals surface area contributed by atoms with E-state index in [4.69, 9.17) is 28.3 Å². The molecule has 0 spiro atoms. The molecule has 20 heavy (non-hydrogen) atoms. The molecule has 0 bridgehead atoms. The van der Waals surface area contributed by atoms with Crippen LogP contribution in [0.25, 0.3) is 0 Å². The second-order valence-corrected chi connectivity index (χ2v) is 6.70. The first kappa shape index (κ1) is 20.1. The fraction of sp³-hybridized carbons (Fsp3) is 0.938. The van der Waals surface area contributed by atoms with Gasteiger partial charge in [0.15, 0.2) is 0 Å². The molecule has 0 aliphatic carbocycles. The minimum atomic E-state index is -0.695. The summed E-state index contributed by atoms with van der Waals surface area (Å²) < 4.78 is 0. The van der Waals surface area contributed by atoms with E-state index in [9.17, 15) is 4.79 Å². The Morgan fingerprint density at radius 3 is 1.80 bits per heavy atom. The molecule has 2 nitrogen and oxygen atoms in total. The highest BCUT2D eigenvalue weighted by atomic mass is 35.5. The van der Waals surface area contributed by atoms with Gasteiger partial charge in [-0.05, 0) is 19.3 Å². The van der Waals surface area contributed by atoms with E-state index in [0.29, 0.717) is 6.42 Å². The molecule has 0 radical (unpaired) electrons. The van der Waals surface area contributed by atoms with Crippen molar-refractivity contribution in [2.24, 2.45) is 0 Å². The van der Waals surface area contributed by atoms with Crippen LogP contribution in [0.3, 0.4) is 0 Å². The van der Waals surface area contributed by atoms with Gasteiger partial charge in [0.2, 0.25) is 0 Å². The predicted molar refractivity (Wildman–Crippen MR) is 88.0 cm³/mol. The lowest BCUT2D eigenvalue weighted by molar-refractivity contribution is -0.137. The Morgan fingerprint density at radius 2 is 1.30 bits per heavy atom. The molecule has 0 aliphatic heterocycles. The van der Waals surface area contributed by atoms with Crippen molar-refractivity contribution in [3.63, 3.8) is 0 Å². The van der Waals surface area contributed by atoms with Gasteiger partial charge in [0.1, 0.15) is 0 Å².